The number of allylic oxidation sites excluding steroid dienone is 2. The highest BCUT2D eigenvalue weighted by molar-refractivity contribution is 8.14. The topological polar surface area (TPSA) is 17.1 Å². The van der Waals surface area contributed by atoms with Crippen molar-refractivity contribution in [2.24, 2.45) is 52.3 Å². The minimum Gasteiger partial charge on any atom is -0.287 e. The normalized spacial score (nSPS) is 41.8. The van der Waals surface area contributed by atoms with Gasteiger partial charge in [0.1, 0.15) is 0 Å². The lowest BCUT2D eigenvalue weighted by molar-refractivity contribution is -0.115. The van der Waals surface area contributed by atoms with Gasteiger partial charge in [0.15, 0.2) is 5.12 Å². The summed E-state index contributed by atoms with van der Waals surface area (Å²) < 4.78 is 0. The van der Waals surface area contributed by atoms with Crippen molar-refractivity contribution < 1.29 is 4.79 Å². The molecule has 204 valence electrons. The summed E-state index contributed by atoms with van der Waals surface area (Å²) in [4.78, 5) is 13.0. The van der Waals surface area contributed by atoms with Crippen LogP contribution in [0.1, 0.15) is 137 Å². The van der Waals surface area contributed by atoms with E-state index in [1.165, 1.54) is 89.9 Å². The lowest BCUT2D eigenvalue weighted by Crippen LogP contribution is -2.50. The van der Waals surface area contributed by atoms with Gasteiger partial charge in [-0.2, -0.15) is 0 Å². The quantitative estimate of drug-likeness (QED) is 0.316. The summed E-state index contributed by atoms with van der Waals surface area (Å²) in [6.45, 7) is 12.7. The Morgan fingerprint density at radius 2 is 1.72 bits per heavy atom. The summed E-state index contributed by atoms with van der Waals surface area (Å²) in [5.74, 6) is 5.82. The molecule has 1 nitrogen and oxygen atoms in total. The van der Waals surface area contributed by atoms with E-state index in [0.717, 1.165) is 48.3 Å². The van der Waals surface area contributed by atoms with Gasteiger partial charge in [-0.1, -0.05) is 96.6 Å². The maximum atomic E-state index is 13.0. The van der Waals surface area contributed by atoms with Crippen molar-refractivity contribution in [2.45, 2.75) is 143 Å². The third-order valence-electron chi connectivity index (χ3n) is 12.5. The highest BCUT2D eigenvalue weighted by Gasteiger charge is 2.59. The number of fused-ring (bicyclic) bond motifs is 5. The molecule has 5 rings (SSSR count). The lowest BCUT2D eigenvalue weighted by atomic mass is 9.47. The number of hydrogen-bond donors (Lipinski definition) is 0. The van der Waals surface area contributed by atoms with Gasteiger partial charge in [-0.25, -0.2) is 0 Å². The average Bonchev–Trinajstić information content (AvgIpc) is 3.22. The third-order valence-corrected chi connectivity index (χ3v) is 13.8. The standard InChI is InChI=1S/C34H56OS/c1-23(2)10-9-11-24(3)29-16-17-30-28-15-14-26-22-27(36-32(35)25-12-7-6-8-13-25)18-20-33(26,4)31(28)19-21-34(29,30)5/h14,23-25,27-31H,6-13,15-22H2,1-5H3/t24-,27+,28+,29-,30+,31+,33+,34-/m1/s1. The summed E-state index contributed by atoms with van der Waals surface area (Å²) in [7, 11) is 0. The largest absolute Gasteiger partial charge is 0.287 e. The first kappa shape index (κ1) is 27.3. The maximum Gasteiger partial charge on any atom is 0.192 e. The molecule has 0 heterocycles. The van der Waals surface area contributed by atoms with E-state index in [4.69, 9.17) is 0 Å². The molecule has 0 radical (unpaired) electrons. The molecule has 0 saturated heterocycles. The van der Waals surface area contributed by atoms with Crippen LogP contribution in [0, 0.1) is 52.3 Å². The Morgan fingerprint density at radius 1 is 0.944 bits per heavy atom. The molecular formula is C34H56OS. The van der Waals surface area contributed by atoms with Crippen molar-refractivity contribution in [1.29, 1.82) is 0 Å². The maximum absolute atomic E-state index is 13.0. The molecule has 4 fully saturated rings. The van der Waals surface area contributed by atoms with Crippen LogP contribution >= 0.6 is 11.8 Å². The fraction of sp³-hybridized carbons (Fsp3) is 0.912. The second-order valence-electron chi connectivity index (χ2n) is 14.9. The zero-order valence-corrected chi connectivity index (χ0v) is 25.1. The van der Waals surface area contributed by atoms with Gasteiger partial charge in [0.25, 0.3) is 0 Å². The minimum atomic E-state index is 0.362. The molecule has 2 heteroatoms. The molecule has 5 aliphatic carbocycles. The molecule has 0 aliphatic heterocycles. The molecule has 4 saturated carbocycles. The van der Waals surface area contributed by atoms with Gasteiger partial charge >= 0.3 is 0 Å². The fourth-order valence-corrected chi connectivity index (χ4v) is 11.6. The minimum absolute atomic E-state index is 0.362. The molecule has 0 bridgehead atoms. The Kier molecular flexibility index (Phi) is 8.42. The Balaban J connectivity index is 1.23. The molecule has 0 aromatic rings. The van der Waals surface area contributed by atoms with Crippen LogP contribution in [0.15, 0.2) is 11.6 Å². The molecule has 0 aromatic heterocycles. The van der Waals surface area contributed by atoms with Gasteiger partial charge in [-0.3, -0.25) is 4.79 Å². The summed E-state index contributed by atoms with van der Waals surface area (Å²) >= 11 is 1.76. The Labute approximate surface area is 227 Å². The molecule has 0 aromatic carbocycles. The predicted molar refractivity (Wildman–Crippen MR) is 156 cm³/mol. The summed E-state index contributed by atoms with van der Waals surface area (Å²) in [6.07, 6.45) is 24.2. The molecule has 5 aliphatic rings. The molecule has 0 amide bonds. The fourth-order valence-electron chi connectivity index (χ4n) is 10.4. The van der Waals surface area contributed by atoms with Crippen molar-refractivity contribution in [2.75, 3.05) is 0 Å². The first-order valence-electron chi connectivity index (χ1n) is 16.1. The van der Waals surface area contributed by atoms with Crippen molar-refractivity contribution in [3.8, 4) is 0 Å². The van der Waals surface area contributed by atoms with Gasteiger partial charge in [0.05, 0.1) is 0 Å². The molecule has 8 atom stereocenters. The van der Waals surface area contributed by atoms with Crippen molar-refractivity contribution >= 4 is 16.9 Å². The first-order chi connectivity index (χ1) is 17.2. The van der Waals surface area contributed by atoms with Gasteiger partial charge in [0.2, 0.25) is 0 Å². The van der Waals surface area contributed by atoms with Crippen LogP contribution in [0.2, 0.25) is 0 Å². The van der Waals surface area contributed by atoms with E-state index in [9.17, 15) is 4.79 Å². The van der Waals surface area contributed by atoms with E-state index in [-0.39, 0.29) is 0 Å². The van der Waals surface area contributed by atoms with Crippen LogP contribution in [0.3, 0.4) is 0 Å². The van der Waals surface area contributed by atoms with E-state index in [0.29, 0.717) is 27.1 Å². The van der Waals surface area contributed by atoms with Crippen LogP contribution in [-0.4, -0.2) is 10.4 Å². The van der Waals surface area contributed by atoms with Gasteiger partial charge < -0.3 is 0 Å². The number of carbonyl (C=O) groups is 1. The number of thioether (sulfide) groups is 1. The summed E-state index contributed by atoms with van der Waals surface area (Å²) in [5.41, 5.74) is 2.75. The predicted octanol–water partition coefficient (Wildman–Crippen LogP) is 10.2. The van der Waals surface area contributed by atoms with Crippen LogP contribution < -0.4 is 0 Å². The smallest absolute Gasteiger partial charge is 0.192 e. The number of carbonyl (C=O) groups excluding carboxylic acids is 1. The Bertz CT molecular complexity index is 808. The van der Waals surface area contributed by atoms with Gasteiger partial charge in [-0.05, 0) is 111 Å². The van der Waals surface area contributed by atoms with Crippen molar-refractivity contribution in [1.82, 2.24) is 0 Å². The second-order valence-corrected chi connectivity index (χ2v) is 16.2. The lowest BCUT2D eigenvalue weighted by Gasteiger charge is -2.58. The van der Waals surface area contributed by atoms with Crippen LogP contribution in [0.25, 0.3) is 0 Å². The zero-order chi connectivity index (χ0) is 25.5. The van der Waals surface area contributed by atoms with E-state index in [1.807, 2.05) is 0 Å². The van der Waals surface area contributed by atoms with Crippen LogP contribution in [-0.2, 0) is 4.79 Å². The average molecular weight is 513 g/mol. The van der Waals surface area contributed by atoms with E-state index < -0.39 is 0 Å². The van der Waals surface area contributed by atoms with Crippen molar-refractivity contribution in [3.63, 3.8) is 0 Å². The molecule has 0 N–H and O–H groups in total. The highest BCUT2D eigenvalue weighted by Crippen LogP contribution is 2.67. The summed E-state index contributed by atoms with van der Waals surface area (Å²) in [6, 6.07) is 0. The number of hydrogen-bond acceptors (Lipinski definition) is 2. The Morgan fingerprint density at radius 3 is 2.47 bits per heavy atom. The monoisotopic (exact) mass is 512 g/mol. The third kappa shape index (κ3) is 5.16. The van der Waals surface area contributed by atoms with Crippen molar-refractivity contribution in [3.05, 3.63) is 11.6 Å². The SMILES string of the molecule is CC(C)CCC[C@@H](C)[C@H]1CC[C@H]2[C@@H]3CC=C4C[C@@H](SC(=O)C5CCCCC5)CC[C@]4(C)[C@H]3CC[C@]12C. The number of rotatable bonds is 7. The molecular weight excluding hydrogens is 456 g/mol. The first-order valence-corrected chi connectivity index (χ1v) is 17.0. The van der Waals surface area contributed by atoms with Crippen LogP contribution in [0.5, 0.6) is 0 Å². The van der Waals surface area contributed by atoms with E-state index in [2.05, 4.69) is 40.7 Å². The summed E-state index contributed by atoms with van der Waals surface area (Å²) in [5, 5.41) is 1.08. The van der Waals surface area contributed by atoms with Gasteiger partial charge in [-0.15, -0.1) is 0 Å². The highest BCUT2D eigenvalue weighted by atomic mass is 32.2. The second kappa shape index (κ2) is 11.1. The van der Waals surface area contributed by atoms with Gasteiger partial charge in [0, 0.05) is 11.2 Å². The molecule has 0 unspecified atom stereocenters. The van der Waals surface area contributed by atoms with E-state index in [1.54, 1.807) is 17.3 Å². The zero-order valence-electron chi connectivity index (χ0n) is 24.3. The molecule has 0 spiro atoms. The molecule has 36 heavy (non-hydrogen) atoms. The Hall–Kier alpha value is -0.240. The van der Waals surface area contributed by atoms with E-state index >= 15 is 0 Å². The van der Waals surface area contributed by atoms with Crippen LogP contribution in [0.4, 0.5) is 0 Å².